The molecule has 0 saturated carbocycles. The Labute approximate surface area is 105 Å². The molecule has 0 aliphatic carbocycles. The number of hydrogen-bond acceptors (Lipinski definition) is 3. The molecule has 1 heterocycles. The predicted molar refractivity (Wildman–Crippen MR) is 65.5 cm³/mol. The van der Waals surface area contributed by atoms with Crippen molar-refractivity contribution in [3.8, 4) is 6.07 Å². The van der Waals surface area contributed by atoms with Gasteiger partial charge in [-0.1, -0.05) is 0 Å². The molecular weight excluding hydrogens is 237 g/mol. The van der Waals surface area contributed by atoms with E-state index in [1.54, 1.807) is 0 Å². The van der Waals surface area contributed by atoms with Crippen LogP contribution < -0.4 is 0 Å². The Hall–Kier alpha value is -1.05. The molecule has 0 aromatic heterocycles. The van der Waals surface area contributed by atoms with Gasteiger partial charge < -0.3 is 4.74 Å². The van der Waals surface area contributed by atoms with Crippen LogP contribution >= 0.6 is 11.8 Å². The molecule has 1 aromatic carbocycles. The first-order chi connectivity index (χ1) is 8.20. The van der Waals surface area contributed by atoms with Crippen LogP contribution in [0.5, 0.6) is 0 Å². The highest BCUT2D eigenvalue weighted by Crippen LogP contribution is 2.36. The van der Waals surface area contributed by atoms with Crippen molar-refractivity contribution in [3.05, 3.63) is 29.6 Å². The maximum absolute atomic E-state index is 13.5. The summed E-state index contributed by atoms with van der Waals surface area (Å²) < 4.78 is 18.8. The van der Waals surface area contributed by atoms with E-state index in [-0.39, 0.29) is 5.82 Å². The second-order valence-corrected chi connectivity index (χ2v) is 5.07. The molecule has 2 rings (SSSR count). The van der Waals surface area contributed by atoms with Crippen molar-refractivity contribution in [1.82, 2.24) is 0 Å². The summed E-state index contributed by atoms with van der Waals surface area (Å²) in [6, 6.07) is 7.25. The van der Waals surface area contributed by atoms with Gasteiger partial charge in [0.2, 0.25) is 0 Å². The van der Waals surface area contributed by atoms with E-state index in [1.165, 1.54) is 23.9 Å². The van der Waals surface area contributed by atoms with Crippen LogP contribution in [0, 0.1) is 17.1 Å². The summed E-state index contributed by atoms with van der Waals surface area (Å²) in [5.41, 5.74) is 0.206. The molecule has 0 atom stereocenters. The summed E-state index contributed by atoms with van der Waals surface area (Å²) >= 11 is 1.49. The van der Waals surface area contributed by atoms with Gasteiger partial charge in [0.1, 0.15) is 5.82 Å². The van der Waals surface area contributed by atoms with Gasteiger partial charge in [-0.05, 0) is 42.9 Å². The first kappa shape index (κ1) is 12.4. The van der Waals surface area contributed by atoms with Crippen LogP contribution in [0.4, 0.5) is 4.39 Å². The van der Waals surface area contributed by atoms with Crippen molar-refractivity contribution < 1.29 is 9.13 Å². The molecule has 1 saturated heterocycles. The average molecular weight is 251 g/mol. The molecule has 0 spiro atoms. The molecule has 2 nitrogen and oxygen atoms in total. The Morgan fingerprint density at radius 2 is 2.06 bits per heavy atom. The van der Waals surface area contributed by atoms with Crippen LogP contribution in [0.2, 0.25) is 0 Å². The van der Waals surface area contributed by atoms with E-state index in [9.17, 15) is 9.65 Å². The molecule has 1 fully saturated rings. The molecule has 4 heteroatoms. The van der Waals surface area contributed by atoms with E-state index in [0.717, 1.165) is 10.5 Å². The van der Waals surface area contributed by atoms with Crippen LogP contribution in [0.3, 0.4) is 0 Å². The van der Waals surface area contributed by atoms with E-state index < -0.39 is 5.41 Å². The second-order valence-electron chi connectivity index (χ2n) is 4.19. The fourth-order valence-corrected chi connectivity index (χ4v) is 2.62. The van der Waals surface area contributed by atoms with Crippen LogP contribution in [-0.4, -0.2) is 19.5 Å². The molecule has 1 aromatic rings. The van der Waals surface area contributed by atoms with Gasteiger partial charge in [-0.25, -0.2) is 4.39 Å². The van der Waals surface area contributed by atoms with Gasteiger partial charge in [0, 0.05) is 18.1 Å². The van der Waals surface area contributed by atoms with Crippen molar-refractivity contribution in [2.75, 3.05) is 19.5 Å². The van der Waals surface area contributed by atoms with Gasteiger partial charge in [0.05, 0.1) is 11.5 Å². The number of benzene rings is 1. The van der Waals surface area contributed by atoms with E-state index in [2.05, 4.69) is 6.07 Å². The van der Waals surface area contributed by atoms with Crippen LogP contribution in [0.25, 0.3) is 0 Å². The summed E-state index contributed by atoms with van der Waals surface area (Å²) in [5, 5.41) is 9.41. The number of ether oxygens (including phenoxy) is 1. The van der Waals surface area contributed by atoms with Crippen molar-refractivity contribution in [3.63, 3.8) is 0 Å². The lowest BCUT2D eigenvalue weighted by atomic mass is 9.75. The quantitative estimate of drug-likeness (QED) is 0.757. The minimum absolute atomic E-state index is 0.270. The molecule has 90 valence electrons. The molecule has 0 unspecified atom stereocenters. The predicted octanol–water partition coefficient (Wildman–Crippen LogP) is 3.12. The number of halogens is 1. The molecule has 0 radical (unpaired) electrons. The Kier molecular flexibility index (Phi) is 3.70. The summed E-state index contributed by atoms with van der Waals surface area (Å²) in [6.45, 7) is 1.14. The van der Waals surface area contributed by atoms with E-state index in [4.69, 9.17) is 4.74 Å². The molecule has 0 N–H and O–H groups in total. The third-order valence-electron chi connectivity index (χ3n) is 3.22. The van der Waals surface area contributed by atoms with Crippen LogP contribution in [-0.2, 0) is 10.2 Å². The molecule has 0 amide bonds. The summed E-state index contributed by atoms with van der Waals surface area (Å²) in [7, 11) is 0. The maximum Gasteiger partial charge on any atom is 0.124 e. The van der Waals surface area contributed by atoms with E-state index in [0.29, 0.717) is 26.1 Å². The summed E-state index contributed by atoms with van der Waals surface area (Å²) in [6.07, 6.45) is 3.18. The lowest BCUT2D eigenvalue weighted by Gasteiger charge is -2.31. The highest BCUT2D eigenvalue weighted by Gasteiger charge is 2.35. The lowest BCUT2D eigenvalue weighted by molar-refractivity contribution is 0.0674. The minimum atomic E-state index is -0.579. The highest BCUT2D eigenvalue weighted by molar-refractivity contribution is 7.98. The zero-order valence-corrected chi connectivity index (χ0v) is 10.5. The van der Waals surface area contributed by atoms with Gasteiger partial charge >= 0.3 is 0 Å². The Bertz CT molecular complexity index is 449. The van der Waals surface area contributed by atoms with Crippen molar-refractivity contribution in [1.29, 1.82) is 5.26 Å². The fraction of sp³-hybridized carbons (Fsp3) is 0.462. The molecule has 0 bridgehead atoms. The molecular formula is C13H14FNOS. The third kappa shape index (κ3) is 2.46. The van der Waals surface area contributed by atoms with Gasteiger partial charge in [-0.15, -0.1) is 11.8 Å². The van der Waals surface area contributed by atoms with Crippen molar-refractivity contribution >= 4 is 11.8 Å². The second kappa shape index (κ2) is 5.07. The van der Waals surface area contributed by atoms with E-state index in [1.807, 2.05) is 12.3 Å². The molecule has 17 heavy (non-hydrogen) atoms. The van der Waals surface area contributed by atoms with Crippen molar-refractivity contribution in [2.45, 2.75) is 23.2 Å². The minimum Gasteiger partial charge on any atom is -0.381 e. The summed E-state index contributed by atoms with van der Waals surface area (Å²) in [5.74, 6) is -0.270. The van der Waals surface area contributed by atoms with Crippen molar-refractivity contribution in [2.24, 2.45) is 0 Å². The third-order valence-corrected chi connectivity index (χ3v) is 3.93. The van der Waals surface area contributed by atoms with Gasteiger partial charge in [0.15, 0.2) is 0 Å². The maximum atomic E-state index is 13.5. The SMILES string of the molecule is CSc1cc(F)cc(C2(C#N)CCOCC2)c1. The Morgan fingerprint density at radius 1 is 1.35 bits per heavy atom. The first-order valence-corrected chi connectivity index (χ1v) is 6.77. The number of nitrogens with zero attached hydrogens (tertiary/aromatic N) is 1. The zero-order chi connectivity index (χ0) is 12.3. The van der Waals surface area contributed by atoms with Gasteiger partial charge in [-0.3, -0.25) is 0 Å². The highest BCUT2D eigenvalue weighted by atomic mass is 32.2. The largest absolute Gasteiger partial charge is 0.381 e. The smallest absolute Gasteiger partial charge is 0.124 e. The number of nitriles is 1. The Morgan fingerprint density at radius 3 is 2.65 bits per heavy atom. The first-order valence-electron chi connectivity index (χ1n) is 5.54. The monoisotopic (exact) mass is 251 g/mol. The fourth-order valence-electron chi connectivity index (χ4n) is 2.14. The number of rotatable bonds is 2. The van der Waals surface area contributed by atoms with Gasteiger partial charge in [0.25, 0.3) is 0 Å². The number of hydrogen-bond donors (Lipinski definition) is 0. The molecule has 1 aliphatic rings. The Balaban J connectivity index is 2.43. The standard InChI is InChI=1S/C13H14FNOS/c1-17-12-7-10(6-11(14)8-12)13(9-15)2-4-16-5-3-13/h6-8H,2-5H2,1H3. The van der Waals surface area contributed by atoms with E-state index >= 15 is 0 Å². The normalized spacial score (nSPS) is 18.6. The number of thioether (sulfide) groups is 1. The zero-order valence-electron chi connectivity index (χ0n) is 9.70. The topological polar surface area (TPSA) is 33.0 Å². The van der Waals surface area contributed by atoms with Gasteiger partial charge in [-0.2, -0.15) is 5.26 Å². The van der Waals surface area contributed by atoms with Crippen LogP contribution in [0.1, 0.15) is 18.4 Å². The summed E-state index contributed by atoms with van der Waals surface area (Å²) in [4.78, 5) is 0.862. The average Bonchev–Trinajstić information content (AvgIpc) is 2.38. The van der Waals surface area contributed by atoms with Crippen LogP contribution in [0.15, 0.2) is 23.1 Å². The lowest BCUT2D eigenvalue weighted by Crippen LogP contribution is -2.32. The molecule has 1 aliphatic heterocycles.